The summed E-state index contributed by atoms with van der Waals surface area (Å²) >= 11 is 3.00. The van der Waals surface area contributed by atoms with E-state index in [1.54, 1.807) is 11.9 Å². The molecule has 0 aliphatic carbocycles. The smallest absolute Gasteiger partial charge is 0.238 e. The van der Waals surface area contributed by atoms with Crippen LogP contribution in [-0.4, -0.2) is 68.1 Å². The third-order valence-corrected chi connectivity index (χ3v) is 4.08. The molecule has 1 aliphatic heterocycles. The quantitative estimate of drug-likeness (QED) is 0.805. The van der Waals surface area contributed by atoms with Crippen molar-refractivity contribution in [3.8, 4) is 0 Å². The molecule has 0 bridgehead atoms. The lowest BCUT2D eigenvalue weighted by Crippen LogP contribution is -2.46. The van der Waals surface area contributed by atoms with Gasteiger partial charge in [-0.05, 0) is 29.0 Å². The first kappa shape index (κ1) is 18.8. The van der Waals surface area contributed by atoms with Crippen LogP contribution in [0.4, 0.5) is 14.5 Å². The third kappa shape index (κ3) is 5.22. The van der Waals surface area contributed by atoms with Crippen LogP contribution in [0, 0.1) is 11.6 Å². The Labute approximate surface area is 146 Å². The number of halogens is 3. The molecule has 0 atom stereocenters. The van der Waals surface area contributed by atoms with Crippen molar-refractivity contribution in [1.29, 1.82) is 0 Å². The van der Waals surface area contributed by atoms with Crippen molar-refractivity contribution in [2.75, 3.05) is 51.8 Å². The first-order chi connectivity index (χ1) is 11.4. The number of morpholine rings is 1. The van der Waals surface area contributed by atoms with E-state index >= 15 is 0 Å². The number of hydrogen-bond donors (Lipinski definition) is 1. The number of carbonyl (C=O) groups is 2. The fourth-order valence-electron chi connectivity index (χ4n) is 2.29. The molecule has 1 aliphatic rings. The molecule has 6 nitrogen and oxygen atoms in total. The van der Waals surface area contributed by atoms with Crippen LogP contribution in [0.15, 0.2) is 16.6 Å². The highest BCUT2D eigenvalue weighted by Gasteiger charge is 2.20. The summed E-state index contributed by atoms with van der Waals surface area (Å²) in [6, 6.07) is 1.75. The van der Waals surface area contributed by atoms with E-state index in [4.69, 9.17) is 4.74 Å². The van der Waals surface area contributed by atoms with Gasteiger partial charge in [-0.15, -0.1) is 0 Å². The Morgan fingerprint density at radius 1 is 1.29 bits per heavy atom. The van der Waals surface area contributed by atoms with Crippen molar-refractivity contribution in [2.24, 2.45) is 0 Å². The number of rotatable bonds is 5. The average Bonchev–Trinajstić information content (AvgIpc) is 2.51. The fourth-order valence-corrected chi connectivity index (χ4v) is 2.79. The van der Waals surface area contributed by atoms with Crippen LogP contribution in [0.2, 0.25) is 0 Å². The Morgan fingerprint density at radius 3 is 2.58 bits per heavy atom. The van der Waals surface area contributed by atoms with E-state index in [2.05, 4.69) is 21.2 Å². The number of carbonyl (C=O) groups excluding carboxylic acids is 2. The molecule has 24 heavy (non-hydrogen) atoms. The van der Waals surface area contributed by atoms with Gasteiger partial charge in [0.05, 0.1) is 32.0 Å². The van der Waals surface area contributed by atoms with Crippen molar-refractivity contribution >= 4 is 33.4 Å². The Balaban J connectivity index is 1.86. The highest BCUT2D eigenvalue weighted by atomic mass is 79.9. The molecule has 0 radical (unpaired) electrons. The molecule has 132 valence electrons. The summed E-state index contributed by atoms with van der Waals surface area (Å²) in [5, 5.41) is 2.38. The monoisotopic (exact) mass is 405 g/mol. The summed E-state index contributed by atoms with van der Waals surface area (Å²) < 4.78 is 32.0. The van der Waals surface area contributed by atoms with E-state index in [-0.39, 0.29) is 29.2 Å². The maximum absolute atomic E-state index is 13.7. The largest absolute Gasteiger partial charge is 0.378 e. The zero-order valence-corrected chi connectivity index (χ0v) is 14.7. The molecule has 1 fully saturated rings. The summed E-state index contributed by atoms with van der Waals surface area (Å²) in [5.41, 5.74) is -0.130. The van der Waals surface area contributed by atoms with Gasteiger partial charge in [-0.25, -0.2) is 8.78 Å². The fraction of sp³-hybridized carbons (Fsp3) is 0.467. The van der Waals surface area contributed by atoms with Crippen LogP contribution in [0.1, 0.15) is 0 Å². The number of nitrogens with one attached hydrogen (secondary N) is 1. The number of likely N-dealkylation sites (N-methyl/N-ethyl adjacent to an activating group) is 1. The van der Waals surface area contributed by atoms with Gasteiger partial charge in [0.1, 0.15) is 5.82 Å². The zero-order valence-electron chi connectivity index (χ0n) is 13.2. The van der Waals surface area contributed by atoms with E-state index < -0.39 is 17.5 Å². The van der Waals surface area contributed by atoms with Crippen molar-refractivity contribution < 1.29 is 23.1 Å². The molecule has 1 aromatic carbocycles. The number of anilines is 1. The Morgan fingerprint density at radius 2 is 1.96 bits per heavy atom. The summed E-state index contributed by atoms with van der Waals surface area (Å²) in [6.45, 7) is 2.06. The minimum atomic E-state index is -0.873. The van der Waals surface area contributed by atoms with Crippen molar-refractivity contribution in [2.45, 2.75) is 0 Å². The number of benzene rings is 1. The highest BCUT2D eigenvalue weighted by Crippen LogP contribution is 2.26. The maximum atomic E-state index is 13.7. The lowest BCUT2D eigenvalue weighted by atomic mass is 10.3. The summed E-state index contributed by atoms with van der Waals surface area (Å²) in [6.07, 6.45) is 0. The predicted molar refractivity (Wildman–Crippen MR) is 87.6 cm³/mol. The lowest BCUT2D eigenvalue weighted by Gasteiger charge is -2.28. The second-order valence-electron chi connectivity index (χ2n) is 5.46. The van der Waals surface area contributed by atoms with E-state index in [0.717, 1.165) is 6.07 Å². The van der Waals surface area contributed by atoms with Gasteiger partial charge < -0.3 is 15.0 Å². The molecular weight excluding hydrogens is 388 g/mol. The number of ether oxygens (including phenoxy) is 1. The lowest BCUT2D eigenvalue weighted by molar-refractivity contribution is -0.136. The van der Waals surface area contributed by atoms with Crippen molar-refractivity contribution in [1.82, 2.24) is 9.80 Å². The molecule has 2 amide bonds. The van der Waals surface area contributed by atoms with E-state index in [9.17, 15) is 18.4 Å². The Kier molecular flexibility index (Phi) is 6.64. The molecule has 1 heterocycles. The molecule has 0 saturated carbocycles. The Bertz CT molecular complexity index is 601. The van der Waals surface area contributed by atoms with E-state index in [1.165, 1.54) is 4.90 Å². The van der Waals surface area contributed by atoms with Crippen molar-refractivity contribution in [3.63, 3.8) is 0 Å². The van der Waals surface area contributed by atoms with Crippen LogP contribution in [-0.2, 0) is 14.3 Å². The minimum Gasteiger partial charge on any atom is -0.378 e. The van der Waals surface area contributed by atoms with E-state index in [0.29, 0.717) is 32.4 Å². The van der Waals surface area contributed by atoms with Gasteiger partial charge in [0.15, 0.2) is 5.82 Å². The van der Waals surface area contributed by atoms with Gasteiger partial charge in [0.25, 0.3) is 0 Å². The molecule has 0 spiro atoms. The summed E-state index contributed by atoms with van der Waals surface area (Å²) in [7, 11) is 1.62. The van der Waals surface area contributed by atoms with E-state index in [1.807, 2.05) is 0 Å². The molecular formula is C15H18BrF2N3O3. The third-order valence-electron chi connectivity index (χ3n) is 3.45. The number of hydrogen-bond acceptors (Lipinski definition) is 4. The first-order valence-electron chi connectivity index (χ1n) is 7.35. The molecule has 1 aromatic rings. The minimum absolute atomic E-state index is 0.0699. The van der Waals surface area contributed by atoms with Crippen LogP contribution in [0.5, 0.6) is 0 Å². The highest BCUT2D eigenvalue weighted by molar-refractivity contribution is 9.10. The average molecular weight is 406 g/mol. The summed E-state index contributed by atoms with van der Waals surface area (Å²) in [5.74, 6) is -2.21. The normalized spacial score (nSPS) is 14.8. The van der Waals surface area contributed by atoms with Crippen molar-refractivity contribution in [3.05, 3.63) is 28.2 Å². The maximum Gasteiger partial charge on any atom is 0.238 e. The molecule has 0 aromatic heterocycles. The predicted octanol–water partition coefficient (Wildman–Crippen LogP) is 1.46. The van der Waals surface area contributed by atoms with Gasteiger partial charge in [0.2, 0.25) is 11.8 Å². The standard InChI is InChI=1S/C15H18BrF2N3O3/c1-20(9-14(23)21-2-4-24-5-3-21)8-13(22)19-15-11(16)6-10(17)7-12(15)18/h6-7H,2-5,8-9H2,1H3,(H,19,22). The van der Waals surface area contributed by atoms with Crippen LogP contribution in [0.3, 0.4) is 0 Å². The second kappa shape index (κ2) is 8.50. The second-order valence-corrected chi connectivity index (χ2v) is 6.31. The molecule has 2 rings (SSSR count). The van der Waals surface area contributed by atoms with Gasteiger partial charge in [0, 0.05) is 23.6 Å². The van der Waals surface area contributed by atoms with Gasteiger partial charge >= 0.3 is 0 Å². The molecule has 9 heteroatoms. The van der Waals surface area contributed by atoms with Gasteiger partial charge in [-0.2, -0.15) is 0 Å². The van der Waals surface area contributed by atoms with Crippen LogP contribution >= 0.6 is 15.9 Å². The molecule has 1 N–H and O–H groups in total. The number of amides is 2. The van der Waals surface area contributed by atoms with Gasteiger partial charge in [-0.1, -0.05) is 0 Å². The van der Waals surface area contributed by atoms with Crippen LogP contribution in [0.25, 0.3) is 0 Å². The number of nitrogens with zero attached hydrogens (tertiary/aromatic N) is 2. The molecule has 0 unspecified atom stereocenters. The SMILES string of the molecule is CN(CC(=O)Nc1c(F)cc(F)cc1Br)CC(=O)N1CCOCC1. The van der Waals surface area contributed by atoms with Crippen LogP contribution < -0.4 is 5.32 Å². The molecule has 1 saturated heterocycles. The summed E-state index contributed by atoms with van der Waals surface area (Å²) in [4.78, 5) is 27.3. The zero-order chi connectivity index (χ0) is 17.7. The topological polar surface area (TPSA) is 61.9 Å². The van der Waals surface area contributed by atoms with Gasteiger partial charge in [-0.3, -0.25) is 14.5 Å². The Hall–Kier alpha value is -1.58. The first-order valence-corrected chi connectivity index (χ1v) is 8.14.